The van der Waals surface area contributed by atoms with Gasteiger partial charge in [-0.3, -0.25) is 9.59 Å². The van der Waals surface area contributed by atoms with Gasteiger partial charge >= 0.3 is 10.2 Å². The minimum absolute atomic E-state index is 0.0378. The normalized spacial score (nSPS) is 11.6. The van der Waals surface area contributed by atoms with Crippen LogP contribution in [-0.2, 0) is 15.0 Å². The third-order valence-electron chi connectivity index (χ3n) is 2.02. The van der Waals surface area contributed by atoms with Crippen LogP contribution < -0.4 is 5.32 Å². The Kier molecular flexibility index (Phi) is 3.87. The summed E-state index contributed by atoms with van der Waals surface area (Å²) in [5.74, 6) is -0.920. The highest BCUT2D eigenvalue weighted by Crippen LogP contribution is 2.15. The standard InChI is InChI=1S/C9H14N4O4S/c1-6(14)8-5-9(10-7(2)15)13(11-8)18(16,17)12(3)4/h5H,1-4H3,(H,10,15). The van der Waals surface area contributed by atoms with Gasteiger partial charge in [-0.2, -0.15) is 17.8 Å². The van der Waals surface area contributed by atoms with E-state index in [1.54, 1.807) is 0 Å². The van der Waals surface area contributed by atoms with Crippen molar-refractivity contribution in [3.8, 4) is 0 Å². The highest BCUT2D eigenvalue weighted by Gasteiger charge is 2.24. The fraction of sp³-hybridized carbons (Fsp3) is 0.444. The Balaban J connectivity index is 3.41. The van der Waals surface area contributed by atoms with Gasteiger partial charge in [0.1, 0.15) is 11.5 Å². The van der Waals surface area contributed by atoms with Gasteiger partial charge in [0, 0.05) is 34.0 Å². The zero-order valence-electron chi connectivity index (χ0n) is 10.5. The minimum atomic E-state index is -3.89. The first-order valence-corrected chi connectivity index (χ1v) is 6.37. The summed E-state index contributed by atoms with van der Waals surface area (Å²) in [7, 11) is -1.25. The van der Waals surface area contributed by atoms with Gasteiger partial charge in [0.25, 0.3) is 0 Å². The van der Waals surface area contributed by atoms with Gasteiger partial charge in [-0.05, 0) is 0 Å². The van der Waals surface area contributed by atoms with Crippen molar-refractivity contribution >= 4 is 27.7 Å². The molecule has 0 radical (unpaired) electrons. The van der Waals surface area contributed by atoms with Crippen molar-refractivity contribution in [1.29, 1.82) is 0 Å². The number of Topliss-reactive ketones (excluding diaryl/α,β-unsaturated/α-hetero) is 1. The molecule has 0 unspecified atom stereocenters. The zero-order chi connectivity index (χ0) is 14.1. The average molecular weight is 274 g/mol. The first kappa shape index (κ1) is 14.3. The van der Waals surface area contributed by atoms with Crippen LogP contribution in [0.4, 0.5) is 5.82 Å². The molecule has 0 aliphatic rings. The summed E-state index contributed by atoms with van der Waals surface area (Å²) in [6, 6.07) is 1.21. The van der Waals surface area contributed by atoms with Crippen molar-refractivity contribution in [2.45, 2.75) is 13.8 Å². The molecule has 0 spiro atoms. The van der Waals surface area contributed by atoms with Crippen LogP contribution in [-0.4, -0.2) is 47.7 Å². The first-order chi connectivity index (χ1) is 8.16. The van der Waals surface area contributed by atoms with E-state index >= 15 is 0 Å². The summed E-state index contributed by atoms with van der Waals surface area (Å²) >= 11 is 0. The molecule has 0 saturated carbocycles. The fourth-order valence-electron chi connectivity index (χ4n) is 1.13. The Labute approximate surface area is 105 Å². The summed E-state index contributed by atoms with van der Waals surface area (Å²) in [5, 5.41) is 5.99. The number of hydrogen-bond acceptors (Lipinski definition) is 5. The van der Waals surface area contributed by atoms with E-state index < -0.39 is 21.9 Å². The minimum Gasteiger partial charge on any atom is -0.310 e. The molecule has 1 heterocycles. The summed E-state index contributed by atoms with van der Waals surface area (Å²) < 4.78 is 25.4. The number of ketones is 1. The maximum absolute atomic E-state index is 11.9. The molecule has 1 N–H and O–H groups in total. The molecule has 0 fully saturated rings. The van der Waals surface area contributed by atoms with E-state index in [1.165, 1.54) is 34.0 Å². The fourth-order valence-corrected chi connectivity index (χ4v) is 1.98. The molecule has 1 aromatic rings. The topological polar surface area (TPSA) is 101 Å². The number of amides is 1. The van der Waals surface area contributed by atoms with E-state index in [1.807, 2.05) is 0 Å². The van der Waals surface area contributed by atoms with E-state index in [0.29, 0.717) is 4.09 Å². The number of rotatable bonds is 4. The predicted molar refractivity (Wildman–Crippen MR) is 64.5 cm³/mol. The molecule has 0 aromatic carbocycles. The van der Waals surface area contributed by atoms with Gasteiger partial charge in [0.2, 0.25) is 5.91 Å². The maximum atomic E-state index is 11.9. The lowest BCUT2D eigenvalue weighted by Crippen LogP contribution is -2.31. The largest absolute Gasteiger partial charge is 0.324 e. The number of aromatic nitrogens is 2. The summed E-state index contributed by atoms with van der Waals surface area (Å²) in [4.78, 5) is 22.2. The van der Waals surface area contributed by atoms with Gasteiger partial charge < -0.3 is 5.32 Å². The molecule has 0 aliphatic carbocycles. The van der Waals surface area contributed by atoms with Crippen molar-refractivity contribution in [2.24, 2.45) is 0 Å². The van der Waals surface area contributed by atoms with Gasteiger partial charge in [-0.1, -0.05) is 0 Å². The average Bonchev–Trinajstić information content (AvgIpc) is 2.60. The summed E-state index contributed by atoms with van der Waals surface area (Å²) in [6.45, 7) is 2.49. The number of nitrogens with zero attached hydrogens (tertiary/aromatic N) is 3. The molecule has 0 atom stereocenters. The highest BCUT2D eigenvalue weighted by molar-refractivity contribution is 7.87. The molecule has 1 aromatic heterocycles. The number of nitrogens with one attached hydrogen (secondary N) is 1. The van der Waals surface area contributed by atoms with Crippen molar-refractivity contribution in [3.63, 3.8) is 0 Å². The smallest absolute Gasteiger partial charge is 0.310 e. The van der Waals surface area contributed by atoms with Crippen LogP contribution in [0.5, 0.6) is 0 Å². The molecule has 1 amide bonds. The molecular weight excluding hydrogens is 260 g/mol. The zero-order valence-corrected chi connectivity index (χ0v) is 11.3. The lowest BCUT2D eigenvalue weighted by atomic mass is 10.3. The van der Waals surface area contributed by atoms with Gasteiger partial charge in [0.15, 0.2) is 5.78 Å². The number of anilines is 1. The van der Waals surface area contributed by atoms with E-state index in [4.69, 9.17) is 0 Å². The molecule has 8 nitrogen and oxygen atoms in total. The van der Waals surface area contributed by atoms with E-state index in [2.05, 4.69) is 10.4 Å². The van der Waals surface area contributed by atoms with E-state index in [-0.39, 0.29) is 11.5 Å². The molecule has 18 heavy (non-hydrogen) atoms. The molecule has 0 bridgehead atoms. The van der Waals surface area contributed by atoms with Gasteiger partial charge in [-0.15, -0.1) is 4.09 Å². The number of carbonyl (C=O) groups is 2. The second kappa shape index (κ2) is 4.86. The van der Waals surface area contributed by atoms with Crippen molar-refractivity contribution in [2.75, 3.05) is 19.4 Å². The van der Waals surface area contributed by atoms with Crippen LogP contribution in [0.1, 0.15) is 24.3 Å². The predicted octanol–water partition coefficient (Wildman–Crippen LogP) is -0.301. The molecular formula is C9H14N4O4S. The lowest BCUT2D eigenvalue weighted by molar-refractivity contribution is -0.114. The quantitative estimate of drug-likeness (QED) is 0.759. The van der Waals surface area contributed by atoms with Crippen LogP contribution in [0, 0.1) is 0 Å². The molecule has 100 valence electrons. The number of carbonyl (C=O) groups excluding carboxylic acids is 2. The molecule has 0 aliphatic heterocycles. The Morgan fingerprint density at radius 2 is 1.89 bits per heavy atom. The highest BCUT2D eigenvalue weighted by atomic mass is 32.2. The first-order valence-electron chi connectivity index (χ1n) is 4.98. The SMILES string of the molecule is CC(=O)Nc1cc(C(C)=O)nn1S(=O)(=O)N(C)C. The Hall–Kier alpha value is -1.74. The molecule has 9 heteroatoms. The van der Waals surface area contributed by atoms with Gasteiger partial charge in [0.05, 0.1) is 0 Å². The van der Waals surface area contributed by atoms with Crippen molar-refractivity contribution in [3.05, 3.63) is 11.8 Å². The molecule has 0 saturated heterocycles. The van der Waals surface area contributed by atoms with Crippen LogP contribution in [0.25, 0.3) is 0 Å². The van der Waals surface area contributed by atoms with Crippen LogP contribution in [0.2, 0.25) is 0 Å². The maximum Gasteiger partial charge on any atom is 0.324 e. The molecule has 1 rings (SSSR count). The summed E-state index contributed by atoms with van der Waals surface area (Å²) in [5.41, 5.74) is -0.0378. The van der Waals surface area contributed by atoms with Crippen LogP contribution in [0.15, 0.2) is 6.07 Å². The summed E-state index contributed by atoms with van der Waals surface area (Å²) in [6.07, 6.45) is 0. The number of hydrogen-bond donors (Lipinski definition) is 1. The monoisotopic (exact) mass is 274 g/mol. The third-order valence-corrected chi connectivity index (χ3v) is 3.66. The van der Waals surface area contributed by atoms with Crippen molar-refractivity contribution in [1.82, 2.24) is 13.5 Å². The third kappa shape index (κ3) is 2.74. The van der Waals surface area contributed by atoms with Crippen LogP contribution >= 0.6 is 0 Å². The van der Waals surface area contributed by atoms with Crippen LogP contribution in [0.3, 0.4) is 0 Å². The second-order valence-corrected chi connectivity index (χ2v) is 5.76. The van der Waals surface area contributed by atoms with E-state index in [0.717, 1.165) is 4.31 Å². The Morgan fingerprint density at radius 1 is 1.33 bits per heavy atom. The second-order valence-electron chi connectivity index (χ2n) is 3.79. The Bertz CT molecular complexity index is 588. The Morgan fingerprint density at radius 3 is 2.28 bits per heavy atom. The van der Waals surface area contributed by atoms with Crippen molar-refractivity contribution < 1.29 is 18.0 Å². The van der Waals surface area contributed by atoms with E-state index in [9.17, 15) is 18.0 Å². The lowest BCUT2D eigenvalue weighted by Gasteiger charge is -2.13. The van der Waals surface area contributed by atoms with Gasteiger partial charge in [-0.25, -0.2) is 0 Å².